The summed E-state index contributed by atoms with van der Waals surface area (Å²) in [7, 11) is 0. The maximum atomic E-state index is 13.1. The quantitative estimate of drug-likeness (QED) is 0.605. The van der Waals surface area contributed by atoms with Crippen molar-refractivity contribution >= 4 is 17.6 Å². The highest BCUT2D eigenvalue weighted by molar-refractivity contribution is 5.99. The molecule has 0 radical (unpaired) electrons. The molecule has 1 atom stereocenters. The fourth-order valence-corrected chi connectivity index (χ4v) is 3.56. The predicted octanol–water partition coefficient (Wildman–Crippen LogP) is 2.68. The number of aliphatic hydroxyl groups is 1. The van der Waals surface area contributed by atoms with Crippen molar-refractivity contribution in [2.75, 3.05) is 11.9 Å². The number of benzene rings is 1. The molecule has 0 saturated heterocycles. The fraction of sp³-hybridized carbons (Fsp3) is 0.417. The van der Waals surface area contributed by atoms with Crippen molar-refractivity contribution in [3.63, 3.8) is 0 Å². The van der Waals surface area contributed by atoms with Gasteiger partial charge in [0.1, 0.15) is 17.6 Å². The summed E-state index contributed by atoms with van der Waals surface area (Å²) in [4.78, 5) is 27.3. The molecule has 2 heterocycles. The average Bonchev–Trinajstić information content (AvgIpc) is 3.30. The summed E-state index contributed by atoms with van der Waals surface area (Å²) in [6.07, 6.45) is 3.51. The molecule has 0 aliphatic carbocycles. The second-order valence-electron chi connectivity index (χ2n) is 9.16. The molecule has 0 fully saturated rings. The summed E-state index contributed by atoms with van der Waals surface area (Å²) >= 11 is 0. The van der Waals surface area contributed by atoms with E-state index in [0.29, 0.717) is 29.3 Å². The van der Waals surface area contributed by atoms with E-state index in [2.05, 4.69) is 16.5 Å². The van der Waals surface area contributed by atoms with Gasteiger partial charge in [-0.1, -0.05) is 19.9 Å². The molecular formula is C24H29N5O4. The molecule has 2 N–H and O–H groups in total. The first-order valence-corrected chi connectivity index (χ1v) is 10.8. The number of nitriles is 1. The number of rotatable bonds is 9. The Kier molecular flexibility index (Phi) is 7.19. The third kappa shape index (κ3) is 6.67. The van der Waals surface area contributed by atoms with E-state index in [-0.39, 0.29) is 30.8 Å². The lowest BCUT2D eigenvalue weighted by molar-refractivity contribution is -0.133. The van der Waals surface area contributed by atoms with E-state index in [9.17, 15) is 14.7 Å². The van der Waals surface area contributed by atoms with E-state index in [1.165, 1.54) is 11.0 Å². The van der Waals surface area contributed by atoms with E-state index < -0.39 is 11.6 Å². The van der Waals surface area contributed by atoms with Crippen LogP contribution in [0, 0.1) is 17.2 Å². The third-order valence-electron chi connectivity index (χ3n) is 4.92. The van der Waals surface area contributed by atoms with Crippen LogP contribution in [-0.4, -0.2) is 49.8 Å². The number of aromatic nitrogens is 2. The molecule has 2 amide bonds. The topological polar surface area (TPSA) is 120 Å². The Morgan fingerprint density at radius 1 is 1.36 bits per heavy atom. The number of hydrogen-bond donors (Lipinski definition) is 2. The summed E-state index contributed by atoms with van der Waals surface area (Å²) in [5.74, 6) is 0.728. The monoisotopic (exact) mass is 451 g/mol. The molecule has 0 saturated carbocycles. The number of nitrogens with one attached hydrogen (secondary N) is 1. The Morgan fingerprint density at radius 3 is 2.79 bits per heavy atom. The fourth-order valence-electron chi connectivity index (χ4n) is 3.56. The number of amides is 2. The second kappa shape index (κ2) is 9.88. The summed E-state index contributed by atoms with van der Waals surface area (Å²) in [5, 5.41) is 26.1. The van der Waals surface area contributed by atoms with Crippen LogP contribution in [0.3, 0.4) is 0 Å². The van der Waals surface area contributed by atoms with E-state index in [4.69, 9.17) is 10.00 Å². The highest BCUT2D eigenvalue weighted by Gasteiger charge is 2.35. The van der Waals surface area contributed by atoms with Gasteiger partial charge in [0.15, 0.2) is 5.82 Å². The molecule has 1 aliphatic heterocycles. The van der Waals surface area contributed by atoms with Gasteiger partial charge in [0.2, 0.25) is 5.91 Å². The van der Waals surface area contributed by atoms with Crippen LogP contribution in [0.5, 0.6) is 5.75 Å². The maximum absolute atomic E-state index is 13.1. The normalized spacial score (nSPS) is 14.8. The molecule has 1 aliphatic rings. The smallest absolute Gasteiger partial charge is 0.251 e. The van der Waals surface area contributed by atoms with Gasteiger partial charge in [-0.15, -0.1) is 0 Å². The molecule has 0 spiro atoms. The molecule has 2 aromatic rings. The molecule has 174 valence electrons. The van der Waals surface area contributed by atoms with Crippen LogP contribution >= 0.6 is 0 Å². The number of anilines is 1. The van der Waals surface area contributed by atoms with Crippen molar-refractivity contribution in [1.82, 2.24) is 14.7 Å². The molecule has 1 aromatic heterocycles. The van der Waals surface area contributed by atoms with Crippen LogP contribution in [-0.2, 0) is 16.1 Å². The van der Waals surface area contributed by atoms with Crippen LogP contribution in [0.4, 0.5) is 5.82 Å². The van der Waals surface area contributed by atoms with E-state index in [0.717, 1.165) is 0 Å². The van der Waals surface area contributed by atoms with Crippen molar-refractivity contribution in [3.05, 3.63) is 53.9 Å². The SMILES string of the molecule is CC(C)C[C@@H](C(=O)Nc1ccn(CC(C)(C)O)n1)N1CC(Oc2cccc(C#N)c2)=CC1=O. The van der Waals surface area contributed by atoms with E-state index in [1.54, 1.807) is 55.1 Å². The van der Waals surface area contributed by atoms with Crippen LogP contribution in [0.2, 0.25) is 0 Å². The second-order valence-corrected chi connectivity index (χ2v) is 9.16. The Morgan fingerprint density at radius 2 is 2.12 bits per heavy atom. The van der Waals surface area contributed by atoms with Crippen molar-refractivity contribution in [2.24, 2.45) is 5.92 Å². The Balaban J connectivity index is 1.70. The van der Waals surface area contributed by atoms with Gasteiger partial charge < -0.3 is 20.1 Å². The minimum Gasteiger partial charge on any atom is -0.460 e. The number of carbonyl (C=O) groups is 2. The lowest BCUT2D eigenvalue weighted by Gasteiger charge is -2.28. The van der Waals surface area contributed by atoms with Crippen LogP contribution in [0.25, 0.3) is 0 Å². The third-order valence-corrected chi connectivity index (χ3v) is 4.92. The highest BCUT2D eigenvalue weighted by atomic mass is 16.5. The lowest BCUT2D eigenvalue weighted by atomic mass is 10.0. The van der Waals surface area contributed by atoms with Gasteiger partial charge in [0.25, 0.3) is 5.91 Å². The van der Waals surface area contributed by atoms with Crippen LogP contribution < -0.4 is 10.1 Å². The summed E-state index contributed by atoms with van der Waals surface area (Å²) < 4.78 is 7.35. The van der Waals surface area contributed by atoms with Gasteiger partial charge in [-0.25, -0.2) is 0 Å². The molecule has 33 heavy (non-hydrogen) atoms. The van der Waals surface area contributed by atoms with Gasteiger partial charge in [0, 0.05) is 18.3 Å². The van der Waals surface area contributed by atoms with Crippen LogP contribution in [0.15, 0.2) is 48.4 Å². The first-order chi connectivity index (χ1) is 15.5. The summed E-state index contributed by atoms with van der Waals surface area (Å²) in [6.45, 7) is 7.74. The van der Waals surface area contributed by atoms with Crippen molar-refractivity contribution in [2.45, 2.75) is 52.3 Å². The standard InChI is InChI=1S/C24H29N5O4/c1-16(2)10-20(23(31)26-21-8-9-28(27-21)15-24(3,4)32)29-14-19(12-22(29)30)33-18-7-5-6-17(11-18)13-25/h5-9,11-12,16,20,32H,10,14-15H2,1-4H3,(H,26,27,31)/t20-/m0/s1. The lowest BCUT2D eigenvalue weighted by Crippen LogP contribution is -2.46. The number of hydrogen-bond acceptors (Lipinski definition) is 6. The number of ether oxygens (including phenoxy) is 1. The molecule has 0 unspecified atom stereocenters. The largest absolute Gasteiger partial charge is 0.460 e. The van der Waals surface area contributed by atoms with E-state index >= 15 is 0 Å². The molecule has 1 aromatic carbocycles. The predicted molar refractivity (Wildman–Crippen MR) is 122 cm³/mol. The van der Waals surface area contributed by atoms with Gasteiger partial charge in [-0.05, 0) is 44.4 Å². The summed E-state index contributed by atoms with van der Waals surface area (Å²) in [6, 6.07) is 9.66. The zero-order valence-corrected chi connectivity index (χ0v) is 19.3. The number of nitrogens with zero attached hydrogens (tertiary/aromatic N) is 4. The Labute approximate surface area is 193 Å². The van der Waals surface area contributed by atoms with Crippen molar-refractivity contribution < 1.29 is 19.4 Å². The first-order valence-electron chi connectivity index (χ1n) is 10.8. The molecule has 9 nitrogen and oxygen atoms in total. The zero-order chi connectivity index (χ0) is 24.2. The molecule has 3 rings (SSSR count). The van der Waals surface area contributed by atoms with Crippen molar-refractivity contribution in [1.29, 1.82) is 5.26 Å². The highest BCUT2D eigenvalue weighted by Crippen LogP contribution is 2.24. The molecule has 9 heteroatoms. The van der Waals surface area contributed by atoms with Crippen molar-refractivity contribution in [3.8, 4) is 11.8 Å². The van der Waals surface area contributed by atoms with Gasteiger partial charge in [-0.2, -0.15) is 10.4 Å². The first kappa shape index (κ1) is 24.0. The zero-order valence-electron chi connectivity index (χ0n) is 19.3. The number of carbonyl (C=O) groups excluding carboxylic acids is 2. The summed E-state index contributed by atoms with van der Waals surface area (Å²) in [5.41, 5.74) is -0.486. The maximum Gasteiger partial charge on any atom is 0.251 e. The van der Waals surface area contributed by atoms with Gasteiger partial charge in [-0.3, -0.25) is 14.3 Å². The molecular weight excluding hydrogens is 422 g/mol. The van der Waals surface area contributed by atoms with Gasteiger partial charge in [0.05, 0.1) is 30.3 Å². The average molecular weight is 452 g/mol. The Bertz CT molecular complexity index is 1090. The van der Waals surface area contributed by atoms with E-state index in [1.807, 2.05) is 13.8 Å². The minimum atomic E-state index is -0.940. The molecule has 0 bridgehead atoms. The van der Waals surface area contributed by atoms with Crippen LogP contribution in [0.1, 0.15) is 39.7 Å². The minimum absolute atomic E-state index is 0.146. The Hall–Kier alpha value is -3.64. The van der Waals surface area contributed by atoms with Gasteiger partial charge >= 0.3 is 0 Å².